The number of benzene rings is 1. The molecule has 0 unspecified atom stereocenters. The lowest BCUT2D eigenvalue weighted by molar-refractivity contribution is 0.437. The second kappa shape index (κ2) is 10.2. The third kappa shape index (κ3) is 6.24. The van der Waals surface area contributed by atoms with Gasteiger partial charge >= 0.3 is 0 Å². The molecule has 0 amide bonds. The number of thiophene rings is 1. The summed E-state index contributed by atoms with van der Waals surface area (Å²) in [5.74, 6) is 1.01. The van der Waals surface area contributed by atoms with Crippen LogP contribution < -0.4 is 21.8 Å². The lowest BCUT2D eigenvalue weighted by atomic mass is 10.2. The Labute approximate surface area is 181 Å². The van der Waals surface area contributed by atoms with Gasteiger partial charge in [-0.1, -0.05) is 12.1 Å². The molecular weight excluding hydrogens is 422 g/mol. The van der Waals surface area contributed by atoms with Crippen molar-refractivity contribution in [1.29, 1.82) is 0 Å². The molecule has 8 heteroatoms. The van der Waals surface area contributed by atoms with Crippen LogP contribution in [0.2, 0.25) is 0 Å². The number of aromatic nitrogens is 2. The lowest BCUT2D eigenvalue weighted by Crippen LogP contribution is -2.46. The molecule has 0 aliphatic rings. The van der Waals surface area contributed by atoms with Gasteiger partial charge in [-0.25, -0.2) is 0 Å². The smallest absolute Gasteiger partial charge is 0.272 e. The molecule has 0 radical (unpaired) electrons. The van der Waals surface area contributed by atoms with Crippen LogP contribution in [0, 0.1) is 0 Å². The van der Waals surface area contributed by atoms with Crippen molar-refractivity contribution in [3.63, 3.8) is 0 Å². The molecule has 0 spiro atoms. The van der Waals surface area contributed by atoms with Gasteiger partial charge in [-0.3, -0.25) is 9.59 Å². The first kappa shape index (κ1) is 21.7. The van der Waals surface area contributed by atoms with Crippen LogP contribution in [0.3, 0.4) is 0 Å². The van der Waals surface area contributed by atoms with Crippen molar-refractivity contribution in [2.75, 3.05) is 32.6 Å². The molecule has 152 valence electrons. The van der Waals surface area contributed by atoms with Gasteiger partial charge in [0.2, 0.25) is 0 Å². The standard InChI is InChI=1S/C21H23N3O2S3/c1-24(2)10-11-28-19-9-8-16(29-19)13-18-21(26)22-17(20(25)23-18)12-14-4-6-15(27-3)7-5-14/h4-9,12-13H,10-11H2,1-3H3,(H,22,26)(H,23,25)/b17-12-,18-13-. The molecule has 3 aromatic rings. The zero-order valence-electron chi connectivity index (χ0n) is 16.5. The number of thioether (sulfide) groups is 2. The van der Waals surface area contributed by atoms with E-state index in [1.165, 1.54) is 4.21 Å². The summed E-state index contributed by atoms with van der Waals surface area (Å²) in [6.45, 7) is 1.01. The molecule has 2 heterocycles. The molecule has 5 nitrogen and oxygen atoms in total. The Morgan fingerprint density at radius 1 is 0.966 bits per heavy atom. The summed E-state index contributed by atoms with van der Waals surface area (Å²) in [6, 6.07) is 11.8. The minimum absolute atomic E-state index is 0.246. The maximum absolute atomic E-state index is 12.5. The molecule has 0 fully saturated rings. The Kier molecular flexibility index (Phi) is 7.60. The summed E-state index contributed by atoms with van der Waals surface area (Å²) in [7, 11) is 4.11. The van der Waals surface area contributed by atoms with Crippen LogP contribution >= 0.6 is 34.9 Å². The molecule has 0 saturated carbocycles. The van der Waals surface area contributed by atoms with Crippen molar-refractivity contribution in [3.05, 3.63) is 78.2 Å². The topological polar surface area (TPSA) is 69.0 Å². The molecular formula is C21H23N3O2S3. The summed E-state index contributed by atoms with van der Waals surface area (Å²) < 4.78 is 1.19. The molecule has 2 aromatic heterocycles. The Morgan fingerprint density at radius 2 is 1.62 bits per heavy atom. The average Bonchev–Trinajstić information content (AvgIpc) is 3.13. The van der Waals surface area contributed by atoms with Gasteiger partial charge in [0.15, 0.2) is 0 Å². The van der Waals surface area contributed by atoms with E-state index in [0.29, 0.717) is 0 Å². The Hall–Kier alpha value is -2.00. The van der Waals surface area contributed by atoms with Gasteiger partial charge < -0.3 is 14.9 Å². The SMILES string of the molecule is CSc1ccc(/C=c2\[nH]c(=O)/c(=C/c3ccc(SCCN(C)C)s3)[nH]c2=O)cc1. The first-order valence-corrected chi connectivity index (χ1v) is 12.0. The molecule has 0 aliphatic carbocycles. The first-order chi connectivity index (χ1) is 13.9. The van der Waals surface area contributed by atoms with E-state index in [9.17, 15) is 9.59 Å². The van der Waals surface area contributed by atoms with Crippen molar-refractivity contribution >= 4 is 47.0 Å². The minimum Gasteiger partial charge on any atom is -0.316 e. The number of hydrogen-bond acceptors (Lipinski definition) is 6. The van der Waals surface area contributed by atoms with E-state index in [2.05, 4.69) is 29.0 Å². The van der Waals surface area contributed by atoms with Gasteiger partial charge in [0.05, 0.1) is 4.21 Å². The van der Waals surface area contributed by atoms with Gasteiger partial charge in [0, 0.05) is 22.1 Å². The number of nitrogens with one attached hydrogen (secondary N) is 2. The third-order valence-corrected chi connectivity index (χ3v) is 7.07. The predicted octanol–water partition coefficient (Wildman–Crippen LogP) is 2.16. The average molecular weight is 446 g/mol. The van der Waals surface area contributed by atoms with Crippen molar-refractivity contribution in [2.24, 2.45) is 0 Å². The van der Waals surface area contributed by atoms with Crippen molar-refractivity contribution in [2.45, 2.75) is 9.10 Å². The molecule has 0 saturated heterocycles. The fourth-order valence-electron chi connectivity index (χ4n) is 2.52. The molecule has 0 aliphatic heterocycles. The van der Waals surface area contributed by atoms with Crippen LogP contribution in [0.4, 0.5) is 0 Å². The zero-order valence-corrected chi connectivity index (χ0v) is 19.0. The Morgan fingerprint density at radius 3 is 2.24 bits per heavy atom. The van der Waals surface area contributed by atoms with Crippen LogP contribution in [0.25, 0.3) is 12.2 Å². The highest BCUT2D eigenvalue weighted by Crippen LogP contribution is 2.27. The Balaban J connectivity index is 1.85. The van der Waals surface area contributed by atoms with Crippen LogP contribution in [0.5, 0.6) is 0 Å². The van der Waals surface area contributed by atoms with E-state index < -0.39 is 0 Å². The summed E-state index contributed by atoms with van der Waals surface area (Å²) >= 11 is 5.05. The summed E-state index contributed by atoms with van der Waals surface area (Å²) in [6.07, 6.45) is 5.41. The van der Waals surface area contributed by atoms with Gasteiger partial charge in [-0.2, -0.15) is 0 Å². The quantitative estimate of drug-likeness (QED) is 0.546. The maximum atomic E-state index is 12.5. The molecule has 0 bridgehead atoms. The predicted molar refractivity (Wildman–Crippen MR) is 126 cm³/mol. The normalized spacial score (nSPS) is 12.8. The highest BCUT2D eigenvalue weighted by Gasteiger charge is 2.02. The Bertz CT molecular complexity index is 1190. The molecule has 1 aromatic carbocycles. The third-order valence-electron chi connectivity index (χ3n) is 4.08. The minimum atomic E-state index is -0.318. The van der Waals surface area contributed by atoms with Crippen LogP contribution in [0.1, 0.15) is 10.4 Å². The number of nitrogens with zero attached hydrogens (tertiary/aromatic N) is 1. The van der Waals surface area contributed by atoms with Crippen molar-refractivity contribution in [3.8, 4) is 0 Å². The molecule has 3 rings (SSSR count). The van der Waals surface area contributed by atoms with Gasteiger partial charge in [-0.05, 0) is 62.3 Å². The van der Waals surface area contributed by atoms with Crippen molar-refractivity contribution < 1.29 is 0 Å². The molecule has 2 N–H and O–H groups in total. The number of H-pyrrole nitrogens is 2. The maximum Gasteiger partial charge on any atom is 0.272 e. The largest absolute Gasteiger partial charge is 0.316 e. The lowest BCUT2D eigenvalue weighted by Gasteiger charge is -2.07. The van der Waals surface area contributed by atoms with Crippen LogP contribution in [-0.4, -0.2) is 47.5 Å². The van der Waals surface area contributed by atoms with Gasteiger partial charge in [0.1, 0.15) is 10.7 Å². The van der Waals surface area contributed by atoms with Crippen molar-refractivity contribution in [1.82, 2.24) is 14.9 Å². The van der Waals surface area contributed by atoms with E-state index in [0.717, 1.165) is 27.6 Å². The summed E-state index contributed by atoms with van der Waals surface area (Å²) in [4.78, 5) is 34.5. The summed E-state index contributed by atoms with van der Waals surface area (Å²) in [5, 5.41) is 0.506. The zero-order chi connectivity index (χ0) is 20.8. The molecule has 0 atom stereocenters. The fraction of sp³-hybridized carbons (Fsp3) is 0.238. The number of rotatable bonds is 7. The fourth-order valence-corrected chi connectivity index (χ4v) is 5.21. The van der Waals surface area contributed by atoms with Gasteiger partial charge in [0.25, 0.3) is 11.1 Å². The molecule has 29 heavy (non-hydrogen) atoms. The second-order valence-corrected chi connectivity index (χ2v) is 10.00. The highest BCUT2D eigenvalue weighted by molar-refractivity contribution is 8.01. The highest BCUT2D eigenvalue weighted by atomic mass is 32.2. The number of aromatic amines is 2. The van der Waals surface area contributed by atoms with E-state index in [1.807, 2.05) is 42.7 Å². The first-order valence-electron chi connectivity index (χ1n) is 9.02. The van der Waals surface area contributed by atoms with Crippen LogP contribution in [-0.2, 0) is 0 Å². The van der Waals surface area contributed by atoms with E-state index in [1.54, 1.807) is 47.0 Å². The van der Waals surface area contributed by atoms with Crippen LogP contribution in [0.15, 0.2) is 55.1 Å². The second-order valence-electron chi connectivity index (χ2n) is 6.61. The summed E-state index contributed by atoms with van der Waals surface area (Å²) in [5.41, 5.74) is 0.229. The monoisotopic (exact) mass is 445 g/mol. The number of hydrogen-bond donors (Lipinski definition) is 2. The van der Waals surface area contributed by atoms with E-state index >= 15 is 0 Å². The van der Waals surface area contributed by atoms with E-state index in [-0.39, 0.29) is 21.8 Å². The van der Waals surface area contributed by atoms with E-state index in [4.69, 9.17) is 0 Å². The van der Waals surface area contributed by atoms with Gasteiger partial charge in [-0.15, -0.1) is 34.9 Å².